The molecule has 0 amide bonds. The highest BCUT2D eigenvalue weighted by Crippen LogP contribution is 2.31. The van der Waals surface area contributed by atoms with Gasteiger partial charge in [0.1, 0.15) is 5.82 Å². The molecular weight excluding hydrogens is 254 g/mol. The fraction of sp³-hybridized carbons (Fsp3) is 0.400. The maximum Gasteiger partial charge on any atom is 0.161 e. The lowest BCUT2D eigenvalue weighted by Crippen LogP contribution is -2.13. The second-order valence-electron chi connectivity index (χ2n) is 4.50. The summed E-state index contributed by atoms with van der Waals surface area (Å²) < 4.78 is 10.5. The summed E-state index contributed by atoms with van der Waals surface area (Å²) in [6.45, 7) is 3.95. The van der Waals surface area contributed by atoms with Gasteiger partial charge in [0.05, 0.1) is 14.2 Å². The van der Waals surface area contributed by atoms with Crippen LogP contribution in [0.25, 0.3) is 11.4 Å². The normalized spacial score (nSPS) is 10.6. The smallest absolute Gasteiger partial charge is 0.161 e. The van der Waals surface area contributed by atoms with Crippen LogP contribution in [0.3, 0.4) is 0 Å². The average molecular weight is 275 g/mol. The number of methoxy groups -OCH3 is 2. The van der Waals surface area contributed by atoms with Crippen molar-refractivity contribution in [1.82, 2.24) is 15.3 Å². The largest absolute Gasteiger partial charge is 0.493 e. The summed E-state index contributed by atoms with van der Waals surface area (Å²) in [6, 6.07) is 5.76. The number of rotatable bonds is 7. The first-order valence-corrected chi connectivity index (χ1v) is 6.75. The monoisotopic (exact) mass is 275 g/mol. The minimum absolute atomic E-state index is 0.701. The summed E-state index contributed by atoms with van der Waals surface area (Å²) in [5.41, 5.74) is 2.05. The van der Waals surface area contributed by atoms with Crippen molar-refractivity contribution >= 4 is 0 Å². The van der Waals surface area contributed by atoms with Crippen LogP contribution in [0.5, 0.6) is 11.5 Å². The predicted octanol–water partition coefficient (Wildman–Crippen LogP) is 2.59. The van der Waals surface area contributed by atoms with Gasteiger partial charge in [0.25, 0.3) is 0 Å². The highest BCUT2D eigenvalue weighted by molar-refractivity contribution is 5.61. The Morgan fingerprint density at radius 3 is 2.70 bits per heavy atom. The van der Waals surface area contributed by atoms with Crippen LogP contribution in [-0.4, -0.2) is 30.7 Å². The van der Waals surface area contributed by atoms with Crippen molar-refractivity contribution in [3.05, 3.63) is 30.1 Å². The predicted molar refractivity (Wildman–Crippen MR) is 79.1 cm³/mol. The maximum atomic E-state index is 5.31. The Kier molecular flexibility index (Phi) is 5.01. The third-order valence-corrected chi connectivity index (χ3v) is 3.03. The van der Waals surface area contributed by atoms with E-state index >= 15 is 0 Å². The first-order valence-electron chi connectivity index (χ1n) is 6.75. The Labute approximate surface area is 119 Å². The Balaban J connectivity index is 2.15. The molecule has 0 aliphatic rings. The Bertz CT molecular complexity index is 552. The molecule has 1 heterocycles. The first kappa shape index (κ1) is 14.4. The van der Waals surface area contributed by atoms with Gasteiger partial charge in [-0.3, -0.25) is 0 Å². The van der Waals surface area contributed by atoms with E-state index in [2.05, 4.69) is 22.2 Å². The summed E-state index contributed by atoms with van der Waals surface area (Å²) in [5.74, 6) is 2.25. The van der Waals surface area contributed by atoms with Crippen LogP contribution >= 0.6 is 0 Å². The van der Waals surface area contributed by atoms with Gasteiger partial charge in [-0.25, -0.2) is 4.98 Å². The zero-order valence-electron chi connectivity index (χ0n) is 12.2. The van der Waals surface area contributed by atoms with Crippen LogP contribution in [0.15, 0.2) is 24.4 Å². The van der Waals surface area contributed by atoms with E-state index in [0.29, 0.717) is 11.5 Å². The zero-order chi connectivity index (χ0) is 14.4. The summed E-state index contributed by atoms with van der Waals surface area (Å²) >= 11 is 0. The molecule has 0 radical (unpaired) electrons. The number of aromatic nitrogens is 2. The minimum atomic E-state index is 0.701. The van der Waals surface area contributed by atoms with Gasteiger partial charge < -0.3 is 19.8 Å². The van der Waals surface area contributed by atoms with Crippen molar-refractivity contribution in [2.24, 2.45) is 0 Å². The van der Waals surface area contributed by atoms with Crippen LogP contribution in [0.4, 0.5) is 0 Å². The van der Waals surface area contributed by atoms with Crippen molar-refractivity contribution in [2.75, 3.05) is 20.8 Å². The van der Waals surface area contributed by atoms with Crippen LogP contribution in [0.2, 0.25) is 0 Å². The van der Waals surface area contributed by atoms with Gasteiger partial charge in [-0.15, -0.1) is 0 Å². The summed E-state index contributed by atoms with van der Waals surface area (Å²) in [7, 11) is 3.26. The average Bonchev–Trinajstić information content (AvgIpc) is 2.95. The van der Waals surface area contributed by atoms with E-state index in [1.807, 2.05) is 24.4 Å². The van der Waals surface area contributed by atoms with E-state index in [9.17, 15) is 0 Å². The molecule has 0 aliphatic heterocycles. The molecule has 0 saturated carbocycles. The fourth-order valence-electron chi connectivity index (χ4n) is 1.98. The van der Waals surface area contributed by atoms with Gasteiger partial charge >= 0.3 is 0 Å². The van der Waals surface area contributed by atoms with Crippen LogP contribution in [-0.2, 0) is 6.54 Å². The fourth-order valence-corrected chi connectivity index (χ4v) is 1.98. The van der Waals surface area contributed by atoms with E-state index in [1.54, 1.807) is 14.2 Å². The van der Waals surface area contributed by atoms with Gasteiger partial charge in [-0.2, -0.15) is 0 Å². The number of ether oxygens (including phenoxy) is 2. The van der Waals surface area contributed by atoms with E-state index in [4.69, 9.17) is 9.47 Å². The summed E-state index contributed by atoms with van der Waals surface area (Å²) in [6.07, 6.45) is 2.98. The van der Waals surface area contributed by atoms with E-state index in [1.165, 1.54) is 0 Å². The molecule has 0 fully saturated rings. The molecule has 5 heteroatoms. The van der Waals surface area contributed by atoms with Crippen molar-refractivity contribution < 1.29 is 9.47 Å². The number of nitrogens with zero attached hydrogens (tertiary/aromatic N) is 1. The number of imidazole rings is 1. The molecule has 0 spiro atoms. The van der Waals surface area contributed by atoms with Gasteiger partial charge in [0.2, 0.25) is 0 Å². The van der Waals surface area contributed by atoms with Crippen molar-refractivity contribution in [3.63, 3.8) is 0 Å². The van der Waals surface area contributed by atoms with Gasteiger partial charge in [-0.05, 0) is 31.2 Å². The number of hydrogen-bond acceptors (Lipinski definition) is 4. The quantitative estimate of drug-likeness (QED) is 0.763. The molecule has 20 heavy (non-hydrogen) atoms. The van der Waals surface area contributed by atoms with E-state index in [0.717, 1.165) is 36.6 Å². The zero-order valence-corrected chi connectivity index (χ0v) is 12.2. The lowest BCUT2D eigenvalue weighted by atomic mass is 10.2. The topological polar surface area (TPSA) is 59.2 Å². The molecule has 0 atom stereocenters. The van der Waals surface area contributed by atoms with Gasteiger partial charge in [0.15, 0.2) is 11.5 Å². The van der Waals surface area contributed by atoms with Crippen LogP contribution in [0, 0.1) is 0 Å². The molecule has 0 aliphatic carbocycles. The molecule has 0 saturated heterocycles. The highest BCUT2D eigenvalue weighted by atomic mass is 16.5. The Morgan fingerprint density at radius 1 is 1.20 bits per heavy atom. The number of H-pyrrole nitrogens is 1. The molecular formula is C15H21N3O2. The molecule has 0 unspecified atom stereocenters. The molecule has 108 valence electrons. The van der Waals surface area contributed by atoms with Gasteiger partial charge in [0, 0.05) is 24.0 Å². The Morgan fingerprint density at radius 2 is 2.00 bits per heavy atom. The van der Waals surface area contributed by atoms with Crippen LogP contribution < -0.4 is 14.8 Å². The highest BCUT2D eigenvalue weighted by Gasteiger charge is 2.08. The van der Waals surface area contributed by atoms with Gasteiger partial charge in [-0.1, -0.05) is 6.92 Å². The summed E-state index contributed by atoms with van der Waals surface area (Å²) in [5, 5.41) is 3.34. The SMILES string of the molecule is CCCNCc1cnc(-c2ccc(OC)c(OC)c2)[nH]1. The first-order chi connectivity index (χ1) is 9.78. The minimum Gasteiger partial charge on any atom is -0.493 e. The molecule has 1 aromatic heterocycles. The number of hydrogen-bond donors (Lipinski definition) is 2. The molecule has 1 aromatic carbocycles. The lowest BCUT2D eigenvalue weighted by Gasteiger charge is -2.08. The molecule has 0 bridgehead atoms. The molecule has 5 nitrogen and oxygen atoms in total. The Hall–Kier alpha value is -2.01. The third-order valence-electron chi connectivity index (χ3n) is 3.03. The van der Waals surface area contributed by atoms with Crippen molar-refractivity contribution in [2.45, 2.75) is 19.9 Å². The standard InChI is InChI=1S/C15H21N3O2/c1-4-7-16-9-12-10-17-15(18-12)11-5-6-13(19-2)14(8-11)20-3/h5-6,8,10,16H,4,7,9H2,1-3H3,(H,17,18). The van der Waals surface area contributed by atoms with E-state index in [-0.39, 0.29) is 0 Å². The second kappa shape index (κ2) is 6.96. The third kappa shape index (κ3) is 3.30. The summed E-state index contributed by atoms with van der Waals surface area (Å²) in [4.78, 5) is 7.71. The molecule has 2 rings (SSSR count). The molecule has 2 aromatic rings. The molecule has 2 N–H and O–H groups in total. The second-order valence-corrected chi connectivity index (χ2v) is 4.50. The van der Waals surface area contributed by atoms with E-state index < -0.39 is 0 Å². The lowest BCUT2D eigenvalue weighted by molar-refractivity contribution is 0.355. The number of benzene rings is 1. The number of aromatic amines is 1. The van der Waals surface area contributed by atoms with Crippen molar-refractivity contribution in [1.29, 1.82) is 0 Å². The van der Waals surface area contributed by atoms with Crippen LogP contribution in [0.1, 0.15) is 19.0 Å². The maximum absolute atomic E-state index is 5.31. The van der Waals surface area contributed by atoms with Crippen molar-refractivity contribution in [3.8, 4) is 22.9 Å². The number of nitrogens with one attached hydrogen (secondary N) is 2.